The molecule has 18 heavy (non-hydrogen) atoms. The molecule has 0 heterocycles. The second-order valence-corrected chi connectivity index (χ2v) is 4.33. The molecule has 1 aromatic carbocycles. The van der Waals surface area contributed by atoms with E-state index in [1.165, 1.54) is 12.5 Å². The lowest BCUT2D eigenvalue weighted by atomic mass is 10.1. The topological polar surface area (TPSA) is 66.4 Å². The minimum atomic E-state index is -1.04. The van der Waals surface area contributed by atoms with Crippen molar-refractivity contribution in [1.29, 1.82) is 0 Å². The normalized spacial score (nSPS) is 11.9. The highest BCUT2D eigenvalue weighted by Gasteiger charge is 2.14. The van der Waals surface area contributed by atoms with Gasteiger partial charge in [-0.15, -0.1) is 0 Å². The van der Waals surface area contributed by atoms with E-state index in [1.54, 1.807) is 12.1 Å². The molecule has 2 N–H and O–H groups in total. The highest BCUT2D eigenvalue weighted by atomic mass is 16.4. The largest absolute Gasteiger partial charge is 0.480 e. The molecule has 0 unspecified atom stereocenters. The number of hydrogen-bond donors (Lipinski definition) is 2. The summed E-state index contributed by atoms with van der Waals surface area (Å²) in [6.07, 6.45) is 3.27. The second-order valence-electron chi connectivity index (χ2n) is 4.33. The number of amides is 1. The number of aryl methyl sites for hydroxylation is 1. The van der Waals surface area contributed by atoms with Crippen LogP contribution in [0.2, 0.25) is 0 Å². The lowest BCUT2D eigenvalue weighted by molar-refractivity contribution is -0.138. The highest BCUT2D eigenvalue weighted by molar-refractivity contribution is 5.96. The van der Waals surface area contributed by atoms with E-state index in [-0.39, 0.29) is 5.91 Å². The third-order valence-corrected chi connectivity index (χ3v) is 2.75. The fourth-order valence-corrected chi connectivity index (χ4v) is 1.55. The van der Waals surface area contributed by atoms with Crippen LogP contribution in [-0.2, 0) is 11.2 Å². The van der Waals surface area contributed by atoms with Crippen LogP contribution in [0.15, 0.2) is 24.3 Å². The van der Waals surface area contributed by atoms with Gasteiger partial charge in [-0.25, -0.2) is 0 Å². The first-order valence-corrected chi connectivity index (χ1v) is 6.17. The van der Waals surface area contributed by atoms with Gasteiger partial charge in [0, 0.05) is 5.56 Å². The average molecular weight is 249 g/mol. The summed E-state index contributed by atoms with van der Waals surface area (Å²) < 4.78 is 0. The van der Waals surface area contributed by atoms with Crippen molar-refractivity contribution in [2.75, 3.05) is 0 Å². The first-order chi connectivity index (χ1) is 8.54. The molecule has 0 aliphatic heterocycles. The molecule has 0 aliphatic carbocycles. The fourth-order valence-electron chi connectivity index (χ4n) is 1.55. The zero-order valence-corrected chi connectivity index (χ0v) is 10.8. The van der Waals surface area contributed by atoms with Crippen molar-refractivity contribution in [3.8, 4) is 0 Å². The first-order valence-electron chi connectivity index (χ1n) is 6.17. The van der Waals surface area contributed by atoms with Crippen molar-refractivity contribution >= 4 is 11.9 Å². The number of hydrogen-bond acceptors (Lipinski definition) is 2. The molecule has 0 bridgehead atoms. The van der Waals surface area contributed by atoms with Crippen LogP contribution < -0.4 is 5.32 Å². The first kappa shape index (κ1) is 14.2. The lowest BCUT2D eigenvalue weighted by Crippen LogP contribution is -2.38. The second kappa shape index (κ2) is 6.79. The standard InChI is InChI=1S/C14H19NO3/c1-3-4-5-11-6-8-12(9-7-11)13(16)15-10(2)14(17)18/h6-10H,3-5H2,1-2H3,(H,15,16)(H,17,18)/t10-/m0/s1. The summed E-state index contributed by atoms with van der Waals surface area (Å²) >= 11 is 0. The number of unbranched alkanes of at least 4 members (excludes halogenated alkanes) is 1. The number of aliphatic carboxylic acids is 1. The van der Waals surface area contributed by atoms with Crippen LogP contribution in [0.3, 0.4) is 0 Å². The zero-order chi connectivity index (χ0) is 13.5. The summed E-state index contributed by atoms with van der Waals surface area (Å²) in [4.78, 5) is 22.3. The number of carboxylic acid groups (broad SMARTS) is 1. The average Bonchev–Trinajstić information content (AvgIpc) is 2.36. The lowest BCUT2D eigenvalue weighted by Gasteiger charge is -2.09. The Morgan fingerprint density at radius 2 is 1.89 bits per heavy atom. The van der Waals surface area contributed by atoms with Crippen LogP contribution >= 0.6 is 0 Å². The van der Waals surface area contributed by atoms with E-state index < -0.39 is 12.0 Å². The van der Waals surface area contributed by atoms with Crippen molar-refractivity contribution in [2.45, 2.75) is 39.2 Å². The number of benzene rings is 1. The van der Waals surface area contributed by atoms with E-state index in [0.29, 0.717) is 5.56 Å². The third kappa shape index (κ3) is 4.20. The van der Waals surface area contributed by atoms with E-state index >= 15 is 0 Å². The summed E-state index contributed by atoms with van der Waals surface area (Å²) in [6.45, 7) is 3.57. The smallest absolute Gasteiger partial charge is 0.325 e. The van der Waals surface area contributed by atoms with E-state index in [4.69, 9.17) is 5.11 Å². The van der Waals surface area contributed by atoms with Crippen LogP contribution in [0.1, 0.15) is 42.6 Å². The Bertz CT molecular complexity index is 412. The van der Waals surface area contributed by atoms with Gasteiger partial charge in [0.15, 0.2) is 0 Å². The minimum Gasteiger partial charge on any atom is -0.480 e. The molecule has 1 rings (SSSR count). The molecular weight excluding hydrogens is 230 g/mol. The van der Waals surface area contributed by atoms with Crippen molar-refractivity contribution < 1.29 is 14.7 Å². The SMILES string of the molecule is CCCCc1ccc(C(=O)N[C@@H](C)C(=O)O)cc1. The van der Waals surface area contributed by atoms with Crippen LogP contribution in [0.4, 0.5) is 0 Å². The zero-order valence-electron chi connectivity index (χ0n) is 10.8. The molecule has 0 radical (unpaired) electrons. The Morgan fingerprint density at radius 3 is 2.39 bits per heavy atom. The molecule has 0 aromatic heterocycles. The Hall–Kier alpha value is -1.84. The predicted octanol–water partition coefficient (Wildman–Crippen LogP) is 2.23. The molecular formula is C14H19NO3. The van der Waals surface area contributed by atoms with Gasteiger partial charge in [0.2, 0.25) is 0 Å². The summed E-state index contributed by atoms with van der Waals surface area (Å²) in [7, 11) is 0. The van der Waals surface area contributed by atoms with Gasteiger partial charge in [0.05, 0.1) is 0 Å². The maximum atomic E-state index is 11.7. The molecule has 1 aromatic rings. The monoisotopic (exact) mass is 249 g/mol. The van der Waals surface area contributed by atoms with Crippen molar-refractivity contribution in [3.05, 3.63) is 35.4 Å². The summed E-state index contributed by atoms with van der Waals surface area (Å²) in [6, 6.07) is 6.41. The Balaban J connectivity index is 2.61. The molecule has 0 fully saturated rings. The molecule has 4 nitrogen and oxygen atoms in total. The van der Waals surface area contributed by atoms with Crippen LogP contribution in [0.25, 0.3) is 0 Å². The maximum Gasteiger partial charge on any atom is 0.325 e. The van der Waals surface area contributed by atoms with Gasteiger partial charge in [-0.1, -0.05) is 25.5 Å². The maximum absolute atomic E-state index is 11.7. The van der Waals surface area contributed by atoms with Gasteiger partial charge < -0.3 is 10.4 Å². The molecule has 1 amide bonds. The van der Waals surface area contributed by atoms with E-state index in [0.717, 1.165) is 19.3 Å². The van der Waals surface area contributed by atoms with Crippen molar-refractivity contribution in [1.82, 2.24) is 5.32 Å². The number of rotatable bonds is 6. The van der Waals surface area contributed by atoms with Gasteiger partial charge in [-0.05, 0) is 37.5 Å². The van der Waals surface area contributed by atoms with Crippen LogP contribution in [0, 0.1) is 0 Å². The molecule has 98 valence electrons. The van der Waals surface area contributed by atoms with E-state index in [9.17, 15) is 9.59 Å². The highest BCUT2D eigenvalue weighted by Crippen LogP contribution is 2.08. The van der Waals surface area contributed by atoms with Gasteiger partial charge >= 0.3 is 5.97 Å². The fraction of sp³-hybridized carbons (Fsp3) is 0.429. The van der Waals surface area contributed by atoms with E-state index in [2.05, 4.69) is 12.2 Å². The molecule has 0 saturated heterocycles. The number of carbonyl (C=O) groups excluding carboxylic acids is 1. The van der Waals surface area contributed by atoms with Crippen molar-refractivity contribution in [2.24, 2.45) is 0 Å². The van der Waals surface area contributed by atoms with Crippen molar-refractivity contribution in [3.63, 3.8) is 0 Å². The van der Waals surface area contributed by atoms with E-state index in [1.807, 2.05) is 12.1 Å². The summed E-state index contributed by atoms with van der Waals surface area (Å²) in [5, 5.41) is 11.1. The minimum absolute atomic E-state index is 0.355. The number of carbonyl (C=O) groups is 2. The molecule has 0 spiro atoms. The third-order valence-electron chi connectivity index (χ3n) is 2.75. The van der Waals surface area contributed by atoms with Gasteiger partial charge in [-0.2, -0.15) is 0 Å². The van der Waals surface area contributed by atoms with Crippen LogP contribution in [0.5, 0.6) is 0 Å². The van der Waals surface area contributed by atoms with Gasteiger partial charge in [0.25, 0.3) is 5.91 Å². The molecule has 0 aliphatic rings. The molecule has 1 atom stereocenters. The summed E-state index contributed by atoms with van der Waals surface area (Å²) in [5.41, 5.74) is 1.68. The van der Waals surface area contributed by atoms with Gasteiger partial charge in [-0.3, -0.25) is 9.59 Å². The Labute approximate surface area is 107 Å². The number of carboxylic acids is 1. The quantitative estimate of drug-likeness (QED) is 0.812. The molecule has 4 heteroatoms. The predicted molar refractivity (Wildman–Crippen MR) is 69.6 cm³/mol. The molecule has 0 saturated carbocycles. The Morgan fingerprint density at radius 1 is 1.28 bits per heavy atom. The van der Waals surface area contributed by atoms with Gasteiger partial charge in [0.1, 0.15) is 6.04 Å². The number of nitrogens with one attached hydrogen (secondary N) is 1. The Kier molecular flexibility index (Phi) is 5.36. The van der Waals surface area contributed by atoms with Crippen LogP contribution in [-0.4, -0.2) is 23.0 Å². The summed E-state index contributed by atoms with van der Waals surface area (Å²) in [5.74, 6) is -1.39.